The lowest BCUT2D eigenvalue weighted by atomic mass is 9.37. The average molecular weight is 784 g/mol. The van der Waals surface area contributed by atoms with Crippen LogP contribution in [0.5, 0.6) is 11.5 Å². The zero-order chi connectivity index (χ0) is 40.6. The average Bonchev–Trinajstić information content (AvgIpc) is 3.75. The third-order valence-corrected chi connectivity index (χ3v) is 18.0. The minimum Gasteiger partial charge on any atom is -0.457 e. The maximum atomic E-state index is 6.93. The van der Waals surface area contributed by atoms with E-state index < -0.39 is 0 Å². The van der Waals surface area contributed by atoms with Crippen molar-refractivity contribution in [3.63, 3.8) is 0 Å². The van der Waals surface area contributed by atoms with E-state index in [1.54, 1.807) is 0 Å². The highest BCUT2D eigenvalue weighted by molar-refractivity contribution is 5.86. The zero-order valence-electron chi connectivity index (χ0n) is 36.2. The van der Waals surface area contributed by atoms with Crippen LogP contribution in [0.1, 0.15) is 120 Å². The van der Waals surface area contributed by atoms with Crippen molar-refractivity contribution in [1.82, 2.24) is 0 Å². The summed E-state index contributed by atoms with van der Waals surface area (Å²) in [6.45, 7) is 14.5. The Morgan fingerprint density at radius 2 is 1.03 bits per heavy atom. The molecule has 60 heavy (non-hydrogen) atoms. The van der Waals surface area contributed by atoms with Gasteiger partial charge in [0.25, 0.3) is 0 Å². The van der Waals surface area contributed by atoms with Gasteiger partial charge in [0.15, 0.2) is 0 Å². The first kappa shape index (κ1) is 35.7. The van der Waals surface area contributed by atoms with Crippen LogP contribution in [0.3, 0.4) is 0 Å². The molecule has 6 aliphatic carbocycles. The topological polar surface area (TPSA) is 12.5 Å². The smallest absolute Gasteiger partial charge is 0.132 e. The van der Waals surface area contributed by atoms with E-state index in [9.17, 15) is 0 Å². The number of anilines is 3. The Hall–Kier alpha value is -5.08. The summed E-state index contributed by atoms with van der Waals surface area (Å²) in [4.78, 5) is 2.51. The number of nitrogens with zero attached hydrogens (tertiary/aromatic N) is 1. The van der Waals surface area contributed by atoms with E-state index in [-0.39, 0.29) is 21.7 Å². The normalized spacial score (nSPS) is 29.4. The van der Waals surface area contributed by atoms with Crippen molar-refractivity contribution in [2.24, 2.45) is 29.1 Å². The maximum Gasteiger partial charge on any atom is 0.132 e. The molecule has 4 atom stereocenters. The molecular weight excluding hydrogens is 727 g/mol. The van der Waals surface area contributed by atoms with Crippen molar-refractivity contribution in [1.29, 1.82) is 0 Å². The highest BCUT2D eigenvalue weighted by atomic mass is 16.5. The molecule has 3 bridgehead atoms. The summed E-state index contributed by atoms with van der Waals surface area (Å²) < 4.78 is 6.93. The summed E-state index contributed by atoms with van der Waals surface area (Å²) in [6.07, 6.45) is 9.61. The van der Waals surface area contributed by atoms with Crippen LogP contribution in [0.4, 0.5) is 17.1 Å². The summed E-state index contributed by atoms with van der Waals surface area (Å²) >= 11 is 0. The van der Waals surface area contributed by atoms with Crippen LogP contribution in [0, 0.1) is 29.1 Å². The summed E-state index contributed by atoms with van der Waals surface area (Å²) in [5.41, 5.74) is 18.3. The first-order valence-corrected chi connectivity index (χ1v) is 23.1. The van der Waals surface area contributed by atoms with Crippen molar-refractivity contribution in [3.8, 4) is 33.8 Å². The Bertz CT molecular complexity index is 2780. The van der Waals surface area contributed by atoms with E-state index in [1.807, 2.05) is 0 Å². The third-order valence-electron chi connectivity index (χ3n) is 18.0. The SMILES string of the molecule is CC1(C)CCC(C)(C)c2cc(N(c3ccc(-c4ccc5c(c4)Oc4ccccc4C54C5CC6CC7CC4C5(C6)C7)cc3)c3ccc4c(c3)C(C)(C)c3ccccc3-4)ccc21. The molecule has 1 aliphatic heterocycles. The lowest BCUT2D eigenvalue weighted by molar-refractivity contribution is -0.0882. The summed E-state index contributed by atoms with van der Waals surface area (Å²) in [6, 6.07) is 49.2. The second-order valence-electron chi connectivity index (χ2n) is 22.1. The summed E-state index contributed by atoms with van der Waals surface area (Å²) in [5, 5.41) is 0. The molecular formula is C58H57NO. The van der Waals surface area contributed by atoms with E-state index >= 15 is 0 Å². The van der Waals surface area contributed by atoms with Gasteiger partial charge in [0.2, 0.25) is 0 Å². The molecule has 7 aliphatic rings. The molecule has 0 saturated heterocycles. The van der Waals surface area contributed by atoms with E-state index in [2.05, 4.69) is 174 Å². The van der Waals surface area contributed by atoms with Gasteiger partial charge in [-0.05, 0) is 178 Å². The third kappa shape index (κ3) is 4.46. The monoisotopic (exact) mass is 783 g/mol. The largest absolute Gasteiger partial charge is 0.457 e. The highest BCUT2D eigenvalue weighted by Crippen LogP contribution is 2.84. The molecule has 2 spiro atoms. The molecule has 4 saturated carbocycles. The van der Waals surface area contributed by atoms with Crippen molar-refractivity contribution < 1.29 is 4.74 Å². The van der Waals surface area contributed by atoms with Gasteiger partial charge in [-0.15, -0.1) is 0 Å². The standard InChI is InChI=1S/C58H57NO/c1-54(2)25-26-55(3,4)49-32-41(21-24-45(49)54)59(40-20-22-43-42-11-7-8-12-44(42)56(5,6)48(43)31-40)39-18-15-37(16-19-39)38-17-23-47-51(30-38)60-50-14-10-9-13-46(50)58(47)52-28-35-27-36-29-53(58)57(52,33-35)34-36/h7-24,30-32,35-36,52-53H,25-29,33-34H2,1-6H3. The highest BCUT2D eigenvalue weighted by Gasteiger charge is 2.79. The quantitative estimate of drug-likeness (QED) is 0.177. The Kier molecular flexibility index (Phi) is 6.91. The Morgan fingerprint density at radius 3 is 1.78 bits per heavy atom. The Morgan fingerprint density at radius 1 is 0.467 bits per heavy atom. The number of benzene rings is 6. The van der Waals surface area contributed by atoms with Crippen molar-refractivity contribution in [2.75, 3.05) is 4.90 Å². The molecule has 2 nitrogen and oxygen atoms in total. The first-order chi connectivity index (χ1) is 28.9. The van der Waals surface area contributed by atoms with Crippen LogP contribution in [0.15, 0.2) is 127 Å². The minimum absolute atomic E-state index is 0.0795. The fraction of sp³-hybridized carbons (Fsp3) is 0.379. The van der Waals surface area contributed by atoms with Crippen molar-refractivity contribution >= 4 is 17.1 Å². The predicted octanol–water partition coefficient (Wildman–Crippen LogP) is 15.3. The maximum absolute atomic E-state index is 6.93. The molecule has 6 aromatic carbocycles. The van der Waals surface area contributed by atoms with Gasteiger partial charge in [0.1, 0.15) is 11.5 Å². The van der Waals surface area contributed by atoms with Gasteiger partial charge in [-0.1, -0.05) is 120 Å². The van der Waals surface area contributed by atoms with Crippen LogP contribution in [-0.2, 0) is 21.7 Å². The summed E-state index contributed by atoms with van der Waals surface area (Å²) in [5.74, 6) is 5.50. The molecule has 0 amide bonds. The molecule has 2 heteroatoms. The van der Waals surface area contributed by atoms with Crippen LogP contribution < -0.4 is 9.64 Å². The van der Waals surface area contributed by atoms with Gasteiger partial charge in [0, 0.05) is 39.0 Å². The van der Waals surface area contributed by atoms with Crippen molar-refractivity contribution in [3.05, 3.63) is 161 Å². The summed E-state index contributed by atoms with van der Waals surface area (Å²) in [7, 11) is 0. The minimum atomic E-state index is -0.0795. The number of fused-ring (bicyclic) bond motifs is 12. The predicted molar refractivity (Wildman–Crippen MR) is 246 cm³/mol. The molecule has 6 aromatic rings. The van der Waals surface area contributed by atoms with Crippen molar-refractivity contribution in [2.45, 2.75) is 108 Å². The molecule has 13 rings (SSSR count). The molecule has 0 N–H and O–H groups in total. The zero-order valence-corrected chi connectivity index (χ0v) is 36.2. The second-order valence-corrected chi connectivity index (χ2v) is 22.1. The second kappa shape index (κ2) is 11.6. The number of ether oxygens (including phenoxy) is 1. The Balaban J connectivity index is 0.912. The molecule has 4 unspecified atom stereocenters. The number of para-hydroxylation sites is 1. The molecule has 0 radical (unpaired) electrons. The fourth-order valence-electron chi connectivity index (χ4n) is 15.4. The molecule has 0 aromatic heterocycles. The van der Waals surface area contributed by atoms with Gasteiger partial charge in [-0.25, -0.2) is 0 Å². The number of hydrogen-bond donors (Lipinski definition) is 0. The van der Waals surface area contributed by atoms with E-state index in [0.29, 0.717) is 5.41 Å². The Labute approximate surface area is 357 Å². The lowest BCUT2D eigenvalue weighted by Crippen LogP contribution is -2.64. The van der Waals surface area contributed by atoms with Gasteiger partial charge < -0.3 is 9.64 Å². The van der Waals surface area contributed by atoms with Gasteiger partial charge >= 0.3 is 0 Å². The molecule has 300 valence electrons. The van der Waals surface area contributed by atoms with Gasteiger partial charge in [-0.2, -0.15) is 0 Å². The first-order valence-electron chi connectivity index (χ1n) is 23.1. The molecule has 4 fully saturated rings. The number of hydrogen-bond acceptors (Lipinski definition) is 2. The van der Waals surface area contributed by atoms with Gasteiger partial charge in [-0.3, -0.25) is 0 Å². The van der Waals surface area contributed by atoms with Crippen LogP contribution >= 0.6 is 0 Å². The molecule has 1 heterocycles. The van der Waals surface area contributed by atoms with Crippen LogP contribution in [-0.4, -0.2) is 0 Å². The van der Waals surface area contributed by atoms with Crippen LogP contribution in [0.2, 0.25) is 0 Å². The van der Waals surface area contributed by atoms with Crippen LogP contribution in [0.25, 0.3) is 22.3 Å². The number of rotatable bonds is 4. The van der Waals surface area contributed by atoms with E-state index in [0.717, 1.165) is 35.2 Å². The van der Waals surface area contributed by atoms with E-state index in [4.69, 9.17) is 4.74 Å². The fourth-order valence-corrected chi connectivity index (χ4v) is 15.4. The van der Waals surface area contributed by atoms with Gasteiger partial charge in [0.05, 0.1) is 0 Å². The van der Waals surface area contributed by atoms with E-state index in [1.165, 1.54) is 118 Å². The lowest BCUT2D eigenvalue weighted by Gasteiger charge is -2.66.